The Bertz CT molecular complexity index is 780. The van der Waals surface area contributed by atoms with Crippen molar-refractivity contribution >= 4 is 28.0 Å². The average molecular weight is 422 g/mol. The number of aryl methyl sites for hydroxylation is 1. The number of rotatable bonds is 7. The second kappa shape index (κ2) is 9.12. The van der Waals surface area contributed by atoms with Gasteiger partial charge in [-0.2, -0.15) is 0 Å². The molecule has 6 heteroatoms. The van der Waals surface area contributed by atoms with Crippen LogP contribution in [-0.2, 0) is 0 Å². The highest BCUT2D eigenvalue weighted by Gasteiger charge is 2.21. The largest absolute Gasteiger partial charge is 0.468 e. The van der Waals surface area contributed by atoms with E-state index in [0.29, 0.717) is 5.88 Å². The van der Waals surface area contributed by atoms with Crippen molar-refractivity contribution in [2.75, 3.05) is 13.6 Å². The summed E-state index contributed by atoms with van der Waals surface area (Å²) in [5.41, 5.74) is 2.33. The highest BCUT2D eigenvalue weighted by atomic mass is 79.9. The average Bonchev–Trinajstić information content (AvgIpc) is 2.60. The van der Waals surface area contributed by atoms with Gasteiger partial charge < -0.3 is 9.64 Å². The van der Waals surface area contributed by atoms with E-state index in [1.165, 1.54) is 12.1 Å². The van der Waals surface area contributed by atoms with E-state index in [-0.39, 0.29) is 17.8 Å². The maximum Gasteiger partial charge on any atom is 0.228 e. The molecule has 1 aromatic carbocycles. The molecule has 0 saturated carbocycles. The van der Waals surface area contributed by atoms with E-state index in [1.54, 1.807) is 12.4 Å². The SMILES string of the molecule is CCN(C)/C=N/c1cc(Br)c(OC(c2cccc(F)c2)C(C)C)nc1C. The molecule has 26 heavy (non-hydrogen) atoms. The molecule has 0 aliphatic rings. The number of nitrogens with zero attached hydrogens (tertiary/aromatic N) is 3. The minimum absolute atomic E-state index is 0.154. The topological polar surface area (TPSA) is 37.7 Å². The molecular weight excluding hydrogens is 397 g/mol. The van der Waals surface area contributed by atoms with Crippen molar-refractivity contribution in [3.63, 3.8) is 0 Å². The second-order valence-corrected chi connectivity index (χ2v) is 7.39. The molecule has 0 saturated heterocycles. The van der Waals surface area contributed by atoms with Crippen LogP contribution in [0.2, 0.25) is 0 Å². The van der Waals surface area contributed by atoms with Gasteiger partial charge in [0.05, 0.1) is 22.2 Å². The Morgan fingerprint density at radius 3 is 2.69 bits per heavy atom. The third-order valence-electron chi connectivity index (χ3n) is 4.02. The van der Waals surface area contributed by atoms with Crippen molar-refractivity contribution < 1.29 is 9.13 Å². The predicted molar refractivity (Wildman–Crippen MR) is 108 cm³/mol. The summed E-state index contributed by atoms with van der Waals surface area (Å²) in [5.74, 6) is 0.361. The van der Waals surface area contributed by atoms with Crippen LogP contribution >= 0.6 is 15.9 Å². The van der Waals surface area contributed by atoms with E-state index in [1.807, 2.05) is 44.9 Å². The number of hydrogen-bond donors (Lipinski definition) is 0. The van der Waals surface area contributed by atoms with Gasteiger partial charge in [0.25, 0.3) is 0 Å². The molecule has 0 bridgehead atoms. The van der Waals surface area contributed by atoms with E-state index in [9.17, 15) is 4.39 Å². The minimum Gasteiger partial charge on any atom is -0.468 e. The zero-order chi connectivity index (χ0) is 19.3. The maximum atomic E-state index is 13.6. The van der Waals surface area contributed by atoms with Crippen LogP contribution < -0.4 is 4.74 Å². The van der Waals surface area contributed by atoms with Gasteiger partial charge in [-0.25, -0.2) is 14.4 Å². The fourth-order valence-electron chi connectivity index (χ4n) is 2.40. The van der Waals surface area contributed by atoms with Crippen LogP contribution in [-0.4, -0.2) is 29.8 Å². The van der Waals surface area contributed by atoms with Crippen LogP contribution in [0.4, 0.5) is 10.1 Å². The zero-order valence-electron chi connectivity index (χ0n) is 15.8. The van der Waals surface area contributed by atoms with E-state index < -0.39 is 0 Å². The number of hydrogen-bond acceptors (Lipinski definition) is 3. The molecule has 2 rings (SSSR count). The fraction of sp³-hybridized carbons (Fsp3) is 0.400. The number of ether oxygens (including phenoxy) is 1. The van der Waals surface area contributed by atoms with Crippen LogP contribution in [0, 0.1) is 18.7 Å². The summed E-state index contributed by atoms with van der Waals surface area (Å²) in [4.78, 5) is 11.0. The van der Waals surface area contributed by atoms with Gasteiger partial charge in [-0.15, -0.1) is 0 Å². The maximum absolute atomic E-state index is 13.6. The van der Waals surface area contributed by atoms with E-state index >= 15 is 0 Å². The van der Waals surface area contributed by atoms with Crippen molar-refractivity contribution in [1.29, 1.82) is 0 Å². The normalized spacial score (nSPS) is 12.6. The standard InChI is InChI=1S/C20H25BrFN3O/c1-6-25(5)12-23-18-11-17(21)20(24-14(18)4)26-19(13(2)3)15-8-7-9-16(22)10-15/h7-13,19H,6H2,1-5H3/b23-12+. The number of benzene rings is 1. The molecule has 1 unspecified atom stereocenters. The first-order chi connectivity index (χ1) is 12.3. The fourth-order valence-corrected chi connectivity index (χ4v) is 2.80. The Balaban J connectivity index is 2.30. The molecule has 1 heterocycles. The van der Waals surface area contributed by atoms with Crippen molar-refractivity contribution in [1.82, 2.24) is 9.88 Å². The van der Waals surface area contributed by atoms with Crippen LogP contribution in [0.5, 0.6) is 5.88 Å². The first-order valence-electron chi connectivity index (χ1n) is 8.65. The molecular formula is C20H25BrFN3O. The molecule has 0 radical (unpaired) electrons. The molecule has 1 aromatic heterocycles. The first-order valence-corrected chi connectivity index (χ1v) is 9.44. The Labute approximate surface area is 163 Å². The lowest BCUT2D eigenvalue weighted by Gasteiger charge is -2.23. The van der Waals surface area contributed by atoms with E-state index in [2.05, 4.69) is 32.8 Å². The molecule has 140 valence electrons. The summed E-state index contributed by atoms with van der Waals surface area (Å²) >= 11 is 3.52. The van der Waals surface area contributed by atoms with Gasteiger partial charge in [0.1, 0.15) is 11.9 Å². The Morgan fingerprint density at radius 1 is 1.35 bits per heavy atom. The summed E-state index contributed by atoms with van der Waals surface area (Å²) in [5, 5.41) is 0. The molecule has 0 aliphatic carbocycles. The van der Waals surface area contributed by atoms with Gasteiger partial charge in [-0.3, -0.25) is 0 Å². The molecule has 0 fully saturated rings. The molecule has 0 amide bonds. The zero-order valence-corrected chi connectivity index (χ0v) is 17.4. The summed E-state index contributed by atoms with van der Waals surface area (Å²) < 4.78 is 20.5. The lowest BCUT2D eigenvalue weighted by atomic mass is 9.99. The molecule has 4 nitrogen and oxygen atoms in total. The van der Waals surface area contributed by atoms with Crippen LogP contribution in [0.15, 0.2) is 39.8 Å². The Hall–Kier alpha value is -1.95. The molecule has 0 N–H and O–H groups in total. The summed E-state index contributed by atoms with van der Waals surface area (Å²) in [6, 6.07) is 8.39. The number of halogens is 2. The lowest BCUT2D eigenvalue weighted by Crippen LogP contribution is -2.16. The van der Waals surface area contributed by atoms with Gasteiger partial charge in [-0.1, -0.05) is 26.0 Å². The van der Waals surface area contributed by atoms with Crippen molar-refractivity contribution in [2.45, 2.75) is 33.8 Å². The number of pyridine rings is 1. The van der Waals surface area contributed by atoms with E-state index in [0.717, 1.165) is 28.0 Å². The van der Waals surface area contributed by atoms with Crippen LogP contribution in [0.3, 0.4) is 0 Å². The smallest absolute Gasteiger partial charge is 0.228 e. The van der Waals surface area contributed by atoms with Crippen molar-refractivity contribution in [2.24, 2.45) is 10.9 Å². The summed E-state index contributed by atoms with van der Waals surface area (Å²) in [6.45, 7) is 8.90. The lowest BCUT2D eigenvalue weighted by molar-refractivity contribution is 0.145. The van der Waals surface area contributed by atoms with Gasteiger partial charge in [-0.05, 0) is 59.5 Å². The predicted octanol–water partition coefficient (Wildman–Crippen LogP) is 5.68. The monoisotopic (exact) mass is 421 g/mol. The third-order valence-corrected chi connectivity index (χ3v) is 4.59. The van der Waals surface area contributed by atoms with Crippen LogP contribution in [0.25, 0.3) is 0 Å². The molecule has 0 aliphatic heterocycles. The van der Waals surface area contributed by atoms with Gasteiger partial charge in [0.15, 0.2) is 0 Å². The Morgan fingerprint density at radius 2 is 2.08 bits per heavy atom. The number of aromatic nitrogens is 1. The van der Waals surface area contributed by atoms with Crippen molar-refractivity contribution in [3.05, 3.63) is 51.9 Å². The van der Waals surface area contributed by atoms with Gasteiger partial charge >= 0.3 is 0 Å². The Kier molecular flexibility index (Phi) is 7.14. The van der Waals surface area contributed by atoms with E-state index in [4.69, 9.17) is 4.74 Å². The summed E-state index contributed by atoms with van der Waals surface area (Å²) in [7, 11) is 1.96. The van der Waals surface area contributed by atoms with Crippen LogP contribution in [0.1, 0.15) is 38.1 Å². The molecule has 0 spiro atoms. The quantitative estimate of drug-likeness (QED) is 0.426. The minimum atomic E-state index is -0.297. The van der Waals surface area contributed by atoms with Crippen molar-refractivity contribution in [3.8, 4) is 5.88 Å². The highest BCUT2D eigenvalue weighted by molar-refractivity contribution is 9.10. The highest BCUT2D eigenvalue weighted by Crippen LogP contribution is 2.35. The second-order valence-electron chi connectivity index (χ2n) is 6.54. The first kappa shape index (κ1) is 20.4. The van der Waals surface area contributed by atoms with Gasteiger partial charge in [0.2, 0.25) is 5.88 Å². The number of aliphatic imine (C=N–C) groups is 1. The summed E-state index contributed by atoms with van der Waals surface area (Å²) in [6.07, 6.45) is 1.48. The third kappa shape index (κ3) is 5.27. The molecule has 1 atom stereocenters. The molecule has 2 aromatic rings. The van der Waals surface area contributed by atoms with Gasteiger partial charge in [0, 0.05) is 13.6 Å².